The summed E-state index contributed by atoms with van der Waals surface area (Å²) in [6.07, 6.45) is 1.14. The van der Waals surface area contributed by atoms with Gasteiger partial charge in [0.25, 0.3) is 0 Å². The van der Waals surface area contributed by atoms with Crippen LogP contribution in [0.3, 0.4) is 0 Å². The molecule has 0 saturated carbocycles. The lowest BCUT2D eigenvalue weighted by Crippen LogP contribution is -2.46. The molecule has 2 rings (SSSR count). The Hall–Kier alpha value is -1.39. The Morgan fingerprint density at radius 1 is 1.33 bits per heavy atom. The van der Waals surface area contributed by atoms with Gasteiger partial charge in [0.05, 0.1) is 0 Å². The second kappa shape index (κ2) is 7.57. The van der Waals surface area contributed by atoms with Gasteiger partial charge in [-0.15, -0.1) is 0 Å². The zero-order chi connectivity index (χ0) is 15.2. The number of fused-ring (bicyclic) bond motifs is 1. The molecular weight excluding hydrogens is 278 g/mol. The van der Waals surface area contributed by atoms with Crippen LogP contribution < -0.4 is 10.6 Å². The molecule has 3 nitrogen and oxygen atoms in total. The minimum Gasteiger partial charge on any atom is -0.361 e. The van der Waals surface area contributed by atoms with E-state index in [0.717, 1.165) is 38.2 Å². The SMILES string of the molecule is C=C(C)CNC(=S)NC[C@@H](C)N1CCc2ccccc2C1. The van der Waals surface area contributed by atoms with Crippen molar-refractivity contribution in [3.05, 3.63) is 47.5 Å². The van der Waals surface area contributed by atoms with Crippen molar-refractivity contribution in [1.29, 1.82) is 0 Å². The van der Waals surface area contributed by atoms with Gasteiger partial charge >= 0.3 is 0 Å². The Bertz CT molecular complexity index is 513. The number of thiocarbonyl (C=S) groups is 1. The maximum absolute atomic E-state index is 5.27. The summed E-state index contributed by atoms with van der Waals surface area (Å²) in [6, 6.07) is 9.20. The fourth-order valence-electron chi connectivity index (χ4n) is 2.56. The van der Waals surface area contributed by atoms with Crippen molar-refractivity contribution in [3.8, 4) is 0 Å². The molecule has 21 heavy (non-hydrogen) atoms. The van der Waals surface area contributed by atoms with Gasteiger partial charge in [0, 0.05) is 32.2 Å². The van der Waals surface area contributed by atoms with E-state index in [0.29, 0.717) is 11.2 Å². The quantitative estimate of drug-likeness (QED) is 0.645. The maximum atomic E-state index is 5.27. The van der Waals surface area contributed by atoms with Crippen LogP contribution in [0.5, 0.6) is 0 Å². The second-order valence-corrected chi connectivity index (χ2v) is 6.27. The Labute approximate surface area is 133 Å². The third-order valence-electron chi connectivity index (χ3n) is 3.89. The molecule has 0 aromatic heterocycles. The molecule has 0 radical (unpaired) electrons. The van der Waals surface area contributed by atoms with Crippen LogP contribution in [0.15, 0.2) is 36.4 Å². The molecule has 0 bridgehead atoms. The van der Waals surface area contributed by atoms with Crippen LogP contribution in [-0.4, -0.2) is 35.7 Å². The van der Waals surface area contributed by atoms with Crippen LogP contribution in [-0.2, 0) is 13.0 Å². The highest BCUT2D eigenvalue weighted by Crippen LogP contribution is 2.19. The first-order valence-electron chi connectivity index (χ1n) is 7.53. The van der Waals surface area contributed by atoms with E-state index in [9.17, 15) is 0 Å². The molecule has 1 aromatic rings. The van der Waals surface area contributed by atoms with E-state index in [1.165, 1.54) is 11.1 Å². The highest BCUT2D eigenvalue weighted by Gasteiger charge is 2.20. The van der Waals surface area contributed by atoms with E-state index in [2.05, 4.69) is 53.3 Å². The van der Waals surface area contributed by atoms with Gasteiger partial charge in [-0.3, -0.25) is 4.90 Å². The Morgan fingerprint density at radius 3 is 2.76 bits per heavy atom. The average molecular weight is 303 g/mol. The molecular formula is C17H25N3S. The molecule has 0 fully saturated rings. The number of hydrogen-bond acceptors (Lipinski definition) is 2. The number of nitrogens with one attached hydrogen (secondary N) is 2. The summed E-state index contributed by atoms with van der Waals surface area (Å²) in [6.45, 7) is 11.8. The molecule has 4 heteroatoms. The molecule has 0 aliphatic carbocycles. The van der Waals surface area contributed by atoms with E-state index in [4.69, 9.17) is 12.2 Å². The minimum absolute atomic E-state index is 0.461. The molecule has 1 aliphatic heterocycles. The third-order valence-corrected chi connectivity index (χ3v) is 4.18. The van der Waals surface area contributed by atoms with Crippen LogP contribution in [0.4, 0.5) is 0 Å². The van der Waals surface area contributed by atoms with Gasteiger partial charge in [-0.1, -0.05) is 36.4 Å². The average Bonchev–Trinajstić information content (AvgIpc) is 2.50. The number of nitrogens with zero attached hydrogens (tertiary/aromatic N) is 1. The lowest BCUT2D eigenvalue weighted by atomic mass is 9.99. The topological polar surface area (TPSA) is 27.3 Å². The maximum Gasteiger partial charge on any atom is 0.166 e. The van der Waals surface area contributed by atoms with Gasteiger partial charge < -0.3 is 10.6 Å². The molecule has 114 valence electrons. The molecule has 0 unspecified atom stereocenters. The van der Waals surface area contributed by atoms with Crippen LogP contribution in [0.25, 0.3) is 0 Å². The number of benzene rings is 1. The van der Waals surface area contributed by atoms with Crippen molar-refractivity contribution >= 4 is 17.3 Å². The monoisotopic (exact) mass is 303 g/mol. The van der Waals surface area contributed by atoms with E-state index in [-0.39, 0.29) is 0 Å². The lowest BCUT2D eigenvalue weighted by molar-refractivity contribution is 0.191. The third kappa shape index (κ3) is 4.83. The van der Waals surface area contributed by atoms with Crippen molar-refractivity contribution in [1.82, 2.24) is 15.5 Å². The fraction of sp³-hybridized carbons (Fsp3) is 0.471. The van der Waals surface area contributed by atoms with Gasteiger partial charge in [0.2, 0.25) is 0 Å². The Balaban J connectivity index is 1.78. The highest BCUT2D eigenvalue weighted by atomic mass is 32.1. The zero-order valence-corrected chi connectivity index (χ0v) is 13.8. The number of hydrogen-bond donors (Lipinski definition) is 2. The van der Waals surface area contributed by atoms with Crippen molar-refractivity contribution in [2.24, 2.45) is 0 Å². The first-order chi connectivity index (χ1) is 10.1. The van der Waals surface area contributed by atoms with Crippen LogP contribution in [0.2, 0.25) is 0 Å². The number of rotatable bonds is 5. The summed E-state index contributed by atoms with van der Waals surface area (Å²) in [5.41, 5.74) is 4.03. The molecule has 0 amide bonds. The fourth-order valence-corrected chi connectivity index (χ4v) is 2.71. The molecule has 1 heterocycles. The smallest absolute Gasteiger partial charge is 0.166 e. The van der Waals surface area contributed by atoms with E-state index in [1.807, 2.05) is 6.92 Å². The first kappa shape index (κ1) is 16.0. The summed E-state index contributed by atoms with van der Waals surface area (Å²) in [5.74, 6) is 0. The lowest BCUT2D eigenvalue weighted by Gasteiger charge is -2.34. The van der Waals surface area contributed by atoms with Crippen molar-refractivity contribution < 1.29 is 0 Å². The summed E-state index contributed by atoms with van der Waals surface area (Å²) in [7, 11) is 0. The molecule has 2 N–H and O–H groups in total. The molecule has 0 saturated heterocycles. The van der Waals surface area contributed by atoms with Gasteiger partial charge in [-0.25, -0.2) is 0 Å². The van der Waals surface area contributed by atoms with Crippen molar-refractivity contribution in [3.63, 3.8) is 0 Å². The first-order valence-corrected chi connectivity index (χ1v) is 7.94. The summed E-state index contributed by atoms with van der Waals surface area (Å²) < 4.78 is 0. The van der Waals surface area contributed by atoms with Crippen molar-refractivity contribution in [2.45, 2.75) is 32.9 Å². The highest BCUT2D eigenvalue weighted by molar-refractivity contribution is 7.80. The largest absolute Gasteiger partial charge is 0.361 e. The summed E-state index contributed by atoms with van der Waals surface area (Å²) in [4.78, 5) is 2.51. The van der Waals surface area contributed by atoms with Crippen LogP contribution in [0, 0.1) is 0 Å². The van der Waals surface area contributed by atoms with Gasteiger partial charge in [-0.2, -0.15) is 0 Å². The standard InChI is InChI=1S/C17H25N3S/c1-13(2)10-18-17(21)19-11-14(3)20-9-8-15-6-4-5-7-16(15)12-20/h4-7,14H,1,8-12H2,2-3H3,(H2,18,19,21)/t14-/m1/s1. The van der Waals surface area contributed by atoms with Gasteiger partial charge in [-0.05, 0) is 43.6 Å². The van der Waals surface area contributed by atoms with Gasteiger partial charge in [0.1, 0.15) is 0 Å². The van der Waals surface area contributed by atoms with Crippen LogP contribution >= 0.6 is 12.2 Å². The Morgan fingerprint density at radius 2 is 2.05 bits per heavy atom. The predicted molar refractivity (Wildman–Crippen MR) is 93.4 cm³/mol. The molecule has 0 spiro atoms. The second-order valence-electron chi connectivity index (χ2n) is 5.86. The van der Waals surface area contributed by atoms with Crippen molar-refractivity contribution in [2.75, 3.05) is 19.6 Å². The van der Waals surface area contributed by atoms with Crippen LogP contribution in [0.1, 0.15) is 25.0 Å². The summed E-state index contributed by atoms with van der Waals surface area (Å²) in [5, 5.41) is 7.17. The minimum atomic E-state index is 0.461. The van der Waals surface area contributed by atoms with Gasteiger partial charge in [0.15, 0.2) is 5.11 Å². The predicted octanol–water partition coefficient (Wildman–Crippen LogP) is 2.47. The zero-order valence-electron chi connectivity index (χ0n) is 13.0. The molecule has 1 aliphatic rings. The van der Waals surface area contributed by atoms with E-state index >= 15 is 0 Å². The van der Waals surface area contributed by atoms with E-state index < -0.39 is 0 Å². The molecule has 1 atom stereocenters. The normalized spacial score (nSPS) is 15.9. The Kier molecular flexibility index (Phi) is 5.76. The van der Waals surface area contributed by atoms with E-state index in [1.54, 1.807) is 0 Å². The molecule has 1 aromatic carbocycles. The summed E-state index contributed by atoms with van der Waals surface area (Å²) >= 11 is 5.27.